The van der Waals surface area contributed by atoms with E-state index in [-0.39, 0.29) is 17.3 Å². The summed E-state index contributed by atoms with van der Waals surface area (Å²) >= 11 is 5.92. The van der Waals surface area contributed by atoms with Crippen molar-refractivity contribution in [2.24, 2.45) is 0 Å². The van der Waals surface area contributed by atoms with Gasteiger partial charge in [0, 0.05) is 11.6 Å². The molecule has 0 aliphatic carbocycles. The molecular weight excluding hydrogens is 434 g/mol. The van der Waals surface area contributed by atoms with Gasteiger partial charge < -0.3 is 10.2 Å². The molecule has 0 atom stereocenters. The molecule has 1 aliphatic heterocycles. The number of hydrogen-bond donors (Lipinski definition) is 1. The molecule has 0 spiro atoms. The van der Waals surface area contributed by atoms with E-state index in [4.69, 9.17) is 11.6 Å². The maximum Gasteiger partial charge on any atom is 0.264 e. The van der Waals surface area contributed by atoms with Crippen molar-refractivity contribution >= 4 is 33.2 Å². The summed E-state index contributed by atoms with van der Waals surface area (Å²) in [5, 5.41) is 3.32. The van der Waals surface area contributed by atoms with E-state index >= 15 is 0 Å². The van der Waals surface area contributed by atoms with E-state index < -0.39 is 10.0 Å². The number of sulfonamides is 1. The molecule has 0 aromatic heterocycles. The molecule has 31 heavy (non-hydrogen) atoms. The topological polar surface area (TPSA) is 69.7 Å². The maximum absolute atomic E-state index is 13.4. The SMILES string of the molecule is Cc1ccc(N(CC(=O)NCCCN2CCCC2)S(=O)(=O)c2ccc(Cl)cc2)cc1C. The lowest BCUT2D eigenvalue weighted by Crippen LogP contribution is -2.41. The van der Waals surface area contributed by atoms with Crippen LogP contribution in [0.3, 0.4) is 0 Å². The van der Waals surface area contributed by atoms with Crippen LogP contribution in [0.4, 0.5) is 5.69 Å². The number of hydrogen-bond acceptors (Lipinski definition) is 4. The van der Waals surface area contributed by atoms with E-state index in [0.29, 0.717) is 17.3 Å². The Labute approximate surface area is 190 Å². The number of nitrogens with one attached hydrogen (secondary N) is 1. The summed E-state index contributed by atoms with van der Waals surface area (Å²) in [6, 6.07) is 11.4. The molecule has 2 aromatic rings. The Morgan fingerprint density at radius 3 is 2.39 bits per heavy atom. The van der Waals surface area contributed by atoms with Crippen molar-refractivity contribution < 1.29 is 13.2 Å². The summed E-state index contributed by atoms with van der Waals surface area (Å²) in [5.41, 5.74) is 2.48. The Hall–Kier alpha value is -2.09. The van der Waals surface area contributed by atoms with Gasteiger partial charge in [-0.1, -0.05) is 17.7 Å². The van der Waals surface area contributed by atoms with Crippen molar-refractivity contribution in [2.75, 3.05) is 37.0 Å². The number of likely N-dealkylation sites (tertiary alicyclic amines) is 1. The quantitative estimate of drug-likeness (QED) is 0.575. The number of carbonyl (C=O) groups excluding carboxylic acids is 1. The number of anilines is 1. The number of amides is 1. The molecule has 6 nitrogen and oxygen atoms in total. The third kappa shape index (κ3) is 6.21. The summed E-state index contributed by atoms with van der Waals surface area (Å²) in [6.07, 6.45) is 3.32. The molecule has 168 valence electrons. The summed E-state index contributed by atoms with van der Waals surface area (Å²) in [7, 11) is -3.93. The van der Waals surface area contributed by atoms with E-state index in [1.54, 1.807) is 12.1 Å². The number of halogens is 1. The minimum absolute atomic E-state index is 0.0944. The van der Waals surface area contributed by atoms with Crippen LogP contribution in [-0.4, -0.2) is 51.9 Å². The monoisotopic (exact) mass is 463 g/mol. The van der Waals surface area contributed by atoms with Crippen LogP contribution in [0, 0.1) is 13.8 Å². The first-order valence-electron chi connectivity index (χ1n) is 10.6. The average molecular weight is 464 g/mol. The molecule has 1 N–H and O–H groups in total. The fraction of sp³-hybridized carbons (Fsp3) is 0.435. The first-order valence-corrected chi connectivity index (χ1v) is 12.4. The summed E-state index contributed by atoms with van der Waals surface area (Å²) in [5.74, 6) is -0.322. The number of carbonyl (C=O) groups is 1. The highest BCUT2D eigenvalue weighted by molar-refractivity contribution is 7.92. The lowest BCUT2D eigenvalue weighted by Gasteiger charge is -2.25. The van der Waals surface area contributed by atoms with Gasteiger partial charge in [0.2, 0.25) is 5.91 Å². The first-order chi connectivity index (χ1) is 14.8. The number of benzene rings is 2. The zero-order valence-electron chi connectivity index (χ0n) is 18.1. The highest BCUT2D eigenvalue weighted by Crippen LogP contribution is 2.26. The molecule has 1 saturated heterocycles. The Balaban J connectivity index is 1.74. The van der Waals surface area contributed by atoms with Crippen LogP contribution in [0.25, 0.3) is 0 Å². The molecule has 0 unspecified atom stereocenters. The third-order valence-corrected chi connectivity index (χ3v) is 7.68. The zero-order valence-corrected chi connectivity index (χ0v) is 19.7. The van der Waals surface area contributed by atoms with Crippen LogP contribution in [0.5, 0.6) is 0 Å². The Kier molecular flexibility index (Phi) is 7.97. The molecule has 3 rings (SSSR count). The molecular formula is C23H30ClN3O3S. The van der Waals surface area contributed by atoms with Gasteiger partial charge in [0.25, 0.3) is 10.0 Å². The standard InChI is InChI=1S/C23H30ClN3O3S/c1-18-6-9-21(16-19(18)2)27(31(29,30)22-10-7-20(24)8-11-22)17-23(28)25-12-5-15-26-13-3-4-14-26/h6-11,16H,3-5,12-15,17H2,1-2H3,(H,25,28). The van der Waals surface area contributed by atoms with Gasteiger partial charge in [0.1, 0.15) is 6.54 Å². The van der Waals surface area contributed by atoms with Gasteiger partial charge in [-0.15, -0.1) is 0 Å². The van der Waals surface area contributed by atoms with Gasteiger partial charge in [-0.2, -0.15) is 0 Å². The van der Waals surface area contributed by atoms with Crippen molar-refractivity contribution in [2.45, 2.75) is 38.0 Å². The van der Waals surface area contributed by atoms with Crippen LogP contribution in [0.1, 0.15) is 30.4 Å². The molecule has 0 radical (unpaired) electrons. The molecule has 1 fully saturated rings. The van der Waals surface area contributed by atoms with Crippen LogP contribution in [0.15, 0.2) is 47.4 Å². The molecule has 1 amide bonds. The highest BCUT2D eigenvalue weighted by Gasteiger charge is 2.27. The van der Waals surface area contributed by atoms with Crippen LogP contribution in [-0.2, 0) is 14.8 Å². The van der Waals surface area contributed by atoms with Gasteiger partial charge in [-0.3, -0.25) is 9.10 Å². The maximum atomic E-state index is 13.4. The minimum atomic E-state index is -3.93. The smallest absolute Gasteiger partial charge is 0.264 e. The van der Waals surface area contributed by atoms with E-state index in [0.717, 1.165) is 37.2 Å². The minimum Gasteiger partial charge on any atom is -0.354 e. The molecule has 1 aliphatic rings. The Morgan fingerprint density at radius 1 is 1.06 bits per heavy atom. The lowest BCUT2D eigenvalue weighted by molar-refractivity contribution is -0.119. The van der Waals surface area contributed by atoms with Crippen molar-refractivity contribution in [1.82, 2.24) is 10.2 Å². The van der Waals surface area contributed by atoms with Gasteiger partial charge >= 0.3 is 0 Å². The second-order valence-electron chi connectivity index (χ2n) is 7.99. The van der Waals surface area contributed by atoms with Crippen molar-refractivity contribution in [3.8, 4) is 0 Å². The molecule has 0 bridgehead atoms. The van der Waals surface area contributed by atoms with Crippen LogP contribution < -0.4 is 9.62 Å². The van der Waals surface area contributed by atoms with Crippen LogP contribution >= 0.6 is 11.6 Å². The Bertz CT molecular complexity index is 1000. The van der Waals surface area contributed by atoms with E-state index in [2.05, 4.69) is 10.2 Å². The van der Waals surface area contributed by atoms with Gasteiger partial charge in [-0.05, 0) is 100 Å². The third-order valence-electron chi connectivity index (χ3n) is 5.64. The fourth-order valence-corrected chi connectivity index (χ4v) is 5.19. The molecule has 8 heteroatoms. The van der Waals surface area contributed by atoms with Crippen molar-refractivity contribution in [1.29, 1.82) is 0 Å². The predicted octanol–water partition coefficient (Wildman–Crippen LogP) is 3.75. The average Bonchev–Trinajstić information content (AvgIpc) is 3.25. The first kappa shape index (κ1) is 23.6. The highest BCUT2D eigenvalue weighted by atomic mass is 35.5. The zero-order chi connectivity index (χ0) is 22.4. The number of nitrogens with zero attached hydrogens (tertiary/aromatic N) is 2. The largest absolute Gasteiger partial charge is 0.354 e. The number of aryl methyl sites for hydroxylation is 2. The van der Waals surface area contributed by atoms with Crippen molar-refractivity contribution in [3.63, 3.8) is 0 Å². The predicted molar refractivity (Wildman–Crippen MR) is 125 cm³/mol. The normalized spacial score (nSPS) is 14.5. The van der Waals surface area contributed by atoms with Crippen molar-refractivity contribution in [3.05, 3.63) is 58.6 Å². The fourth-order valence-electron chi connectivity index (χ4n) is 3.65. The van der Waals surface area contributed by atoms with E-state index in [1.807, 2.05) is 19.9 Å². The summed E-state index contributed by atoms with van der Waals surface area (Å²) in [6.45, 7) is 7.31. The second kappa shape index (κ2) is 10.5. The second-order valence-corrected chi connectivity index (χ2v) is 10.3. The summed E-state index contributed by atoms with van der Waals surface area (Å²) in [4.78, 5) is 15.1. The van der Waals surface area contributed by atoms with Gasteiger partial charge in [0.05, 0.1) is 10.6 Å². The number of rotatable bonds is 9. The van der Waals surface area contributed by atoms with Gasteiger partial charge in [-0.25, -0.2) is 8.42 Å². The van der Waals surface area contributed by atoms with E-state index in [9.17, 15) is 13.2 Å². The van der Waals surface area contributed by atoms with E-state index in [1.165, 1.54) is 41.4 Å². The summed E-state index contributed by atoms with van der Waals surface area (Å²) < 4.78 is 27.9. The molecule has 1 heterocycles. The van der Waals surface area contributed by atoms with Gasteiger partial charge in [0.15, 0.2) is 0 Å². The molecule has 0 saturated carbocycles. The molecule has 2 aromatic carbocycles. The van der Waals surface area contributed by atoms with Crippen LogP contribution in [0.2, 0.25) is 5.02 Å². The lowest BCUT2D eigenvalue weighted by atomic mass is 10.1. The Morgan fingerprint density at radius 2 is 1.74 bits per heavy atom.